The third-order valence-corrected chi connectivity index (χ3v) is 7.35. The molecule has 0 aliphatic carbocycles. The lowest BCUT2D eigenvalue weighted by molar-refractivity contribution is -0.113. The minimum atomic E-state index is -0.00700. The Kier molecular flexibility index (Phi) is 8.77. The standard InChI is InChI=1S/C27H35N5OS/c1-3-22-14-11-15-23(4-2)26(22)28-25(33)20-34-27-30-29-24(19-31-16-9-6-10-17-31)32(27)18-21-12-7-5-8-13-21/h5,7-8,11-15H,3-4,6,9-10,16-20H2,1-2H3,(H,28,33). The highest BCUT2D eigenvalue weighted by Crippen LogP contribution is 2.25. The number of aromatic nitrogens is 3. The summed E-state index contributed by atoms with van der Waals surface area (Å²) >= 11 is 1.46. The fraction of sp³-hybridized carbons (Fsp3) is 0.444. The van der Waals surface area contributed by atoms with Gasteiger partial charge >= 0.3 is 0 Å². The van der Waals surface area contributed by atoms with Gasteiger partial charge < -0.3 is 9.88 Å². The number of carbonyl (C=O) groups excluding carboxylic acids is 1. The van der Waals surface area contributed by atoms with E-state index in [0.29, 0.717) is 12.3 Å². The van der Waals surface area contributed by atoms with Gasteiger partial charge in [0.05, 0.1) is 18.8 Å². The van der Waals surface area contributed by atoms with Crippen LogP contribution in [0.15, 0.2) is 53.7 Å². The van der Waals surface area contributed by atoms with E-state index in [0.717, 1.165) is 49.1 Å². The molecule has 1 saturated heterocycles. The number of benzene rings is 2. The molecule has 2 heterocycles. The van der Waals surface area contributed by atoms with Gasteiger partial charge in [0.15, 0.2) is 5.16 Å². The van der Waals surface area contributed by atoms with Gasteiger partial charge in [0.25, 0.3) is 0 Å². The molecule has 1 amide bonds. The second-order valence-electron chi connectivity index (χ2n) is 8.80. The average molecular weight is 478 g/mol. The minimum absolute atomic E-state index is 0.00700. The molecule has 180 valence electrons. The number of hydrogen-bond donors (Lipinski definition) is 1. The van der Waals surface area contributed by atoms with Gasteiger partial charge in [-0.15, -0.1) is 10.2 Å². The second kappa shape index (κ2) is 12.2. The molecule has 7 heteroatoms. The normalized spacial score (nSPS) is 14.3. The third kappa shape index (κ3) is 6.27. The molecule has 0 radical (unpaired) electrons. The second-order valence-corrected chi connectivity index (χ2v) is 9.75. The highest BCUT2D eigenvalue weighted by molar-refractivity contribution is 7.99. The molecule has 2 aromatic carbocycles. The number of hydrogen-bond acceptors (Lipinski definition) is 5. The molecule has 1 aromatic heterocycles. The number of anilines is 1. The van der Waals surface area contributed by atoms with Crippen LogP contribution >= 0.6 is 11.8 Å². The van der Waals surface area contributed by atoms with Crippen LogP contribution in [0.2, 0.25) is 0 Å². The van der Waals surface area contributed by atoms with Crippen molar-refractivity contribution in [2.45, 2.75) is 64.2 Å². The maximum atomic E-state index is 12.9. The molecule has 1 fully saturated rings. The van der Waals surface area contributed by atoms with E-state index < -0.39 is 0 Å². The number of para-hydroxylation sites is 1. The fourth-order valence-electron chi connectivity index (χ4n) is 4.49. The number of nitrogens with one attached hydrogen (secondary N) is 1. The largest absolute Gasteiger partial charge is 0.325 e. The Morgan fingerprint density at radius 3 is 2.29 bits per heavy atom. The summed E-state index contributed by atoms with van der Waals surface area (Å²) < 4.78 is 2.18. The zero-order chi connectivity index (χ0) is 23.8. The van der Waals surface area contributed by atoms with Crippen molar-refractivity contribution in [1.29, 1.82) is 0 Å². The summed E-state index contributed by atoms with van der Waals surface area (Å²) in [4.78, 5) is 15.4. The monoisotopic (exact) mass is 477 g/mol. The Balaban J connectivity index is 1.48. The predicted octanol–water partition coefficient (Wildman–Crippen LogP) is 5.17. The Hall–Kier alpha value is -2.64. The average Bonchev–Trinajstić information content (AvgIpc) is 3.24. The SMILES string of the molecule is CCc1cccc(CC)c1NC(=O)CSc1nnc(CN2CCCCC2)n1Cc1ccccc1. The molecule has 6 nitrogen and oxygen atoms in total. The molecule has 34 heavy (non-hydrogen) atoms. The first-order valence-corrected chi connectivity index (χ1v) is 13.4. The van der Waals surface area contributed by atoms with E-state index in [1.165, 1.54) is 47.7 Å². The zero-order valence-electron chi connectivity index (χ0n) is 20.3. The van der Waals surface area contributed by atoms with Gasteiger partial charge in [-0.2, -0.15) is 0 Å². The molecule has 0 unspecified atom stereocenters. The van der Waals surface area contributed by atoms with Gasteiger partial charge in [-0.05, 0) is 55.5 Å². The third-order valence-electron chi connectivity index (χ3n) is 6.39. The maximum Gasteiger partial charge on any atom is 0.234 e. The lowest BCUT2D eigenvalue weighted by atomic mass is 10.0. The van der Waals surface area contributed by atoms with Crippen LogP contribution in [0.3, 0.4) is 0 Å². The van der Waals surface area contributed by atoms with E-state index in [1.807, 2.05) is 6.07 Å². The van der Waals surface area contributed by atoms with E-state index >= 15 is 0 Å². The van der Waals surface area contributed by atoms with Gasteiger partial charge in [-0.25, -0.2) is 0 Å². The molecule has 1 aliphatic rings. The Labute approximate surface area is 207 Å². The number of thioether (sulfide) groups is 1. The summed E-state index contributed by atoms with van der Waals surface area (Å²) in [7, 11) is 0. The number of aryl methyl sites for hydroxylation is 2. The number of carbonyl (C=O) groups is 1. The van der Waals surface area contributed by atoms with E-state index in [1.54, 1.807) is 0 Å². The summed E-state index contributed by atoms with van der Waals surface area (Å²) in [6.07, 6.45) is 5.58. The van der Waals surface area contributed by atoms with Crippen molar-refractivity contribution in [2.24, 2.45) is 0 Å². The van der Waals surface area contributed by atoms with E-state index in [9.17, 15) is 4.79 Å². The predicted molar refractivity (Wildman–Crippen MR) is 139 cm³/mol. The van der Waals surface area contributed by atoms with Crippen LogP contribution < -0.4 is 5.32 Å². The number of rotatable bonds is 10. The van der Waals surface area contributed by atoms with Crippen LogP contribution in [-0.4, -0.2) is 44.4 Å². The van der Waals surface area contributed by atoms with Gasteiger partial charge in [0.1, 0.15) is 5.82 Å². The lowest BCUT2D eigenvalue weighted by Gasteiger charge is -2.26. The van der Waals surface area contributed by atoms with Crippen molar-refractivity contribution in [1.82, 2.24) is 19.7 Å². The quantitative estimate of drug-likeness (QED) is 0.408. The number of nitrogens with zero attached hydrogens (tertiary/aromatic N) is 4. The van der Waals surface area contributed by atoms with Crippen LogP contribution in [0.1, 0.15) is 55.6 Å². The van der Waals surface area contributed by atoms with Crippen LogP contribution in [0, 0.1) is 0 Å². The highest BCUT2D eigenvalue weighted by atomic mass is 32.2. The molecule has 1 aliphatic heterocycles. The molecule has 4 rings (SSSR count). The van der Waals surface area contributed by atoms with Gasteiger partial charge in [0.2, 0.25) is 5.91 Å². The van der Waals surface area contributed by atoms with Crippen LogP contribution in [0.5, 0.6) is 0 Å². The number of amides is 1. The van der Waals surface area contributed by atoms with Crippen LogP contribution in [0.4, 0.5) is 5.69 Å². The fourth-order valence-corrected chi connectivity index (χ4v) is 5.25. The maximum absolute atomic E-state index is 12.9. The first-order valence-electron chi connectivity index (χ1n) is 12.4. The summed E-state index contributed by atoms with van der Waals surface area (Å²) in [5.74, 6) is 1.27. The smallest absolute Gasteiger partial charge is 0.234 e. The molecular weight excluding hydrogens is 442 g/mol. The van der Waals surface area contributed by atoms with Crippen molar-refractivity contribution >= 4 is 23.4 Å². The van der Waals surface area contributed by atoms with Crippen molar-refractivity contribution < 1.29 is 4.79 Å². The Bertz CT molecular complexity index is 1050. The number of likely N-dealkylation sites (tertiary alicyclic amines) is 1. The summed E-state index contributed by atoms with van der Waals surface area (Å²) in [5.41, 5.74) is 4.52. The minimum Gasteiger partial charge on any atom is -0.325 e. The highest BCUT2D eigenvalue weighted by Gasteiger charge is 2.19. The van der Waals surface area contributed by atoms with E-state index in [4.69, 9.17) is 0 Å². The van der Waals surface area contributed by atoms with E-state index in [2.05, 4.69) is 81.3 Å². The molecule has 0 spiro atoms. The van der Waals surface area contributed by atoms with Crippen LogP contribution in [0.25, 0.3) is 0 Å². The van der Waals surface area contributed by atoms with E-state index in [-0.39, 0.29) is 5.91 Å². The first-order chi connectivity index (χ1) is 16.7. The Morgan fingerprint density at radius 2 is 1.62 bits per heavy atom. The topological polar surface area (TPSA) is 63.1 Å². The van der Waals surface area contributed by atoms with Crippen molar-refractivity contribution in [3.63, 3.8) is 0 Å². The van der Waals surface area contributed by atoms with Crippen molar-refractivity contribution in [3.05, 3.63) is 71.0 Å². The van der Waals surface area contributed by atoms with Gasteiger partial charge in [-0.3, -0.25) is 9.69 Å². The molecule has 3 aromatic rings. The zero-order valence-corrected chi connectivity index (χ0v) is 21.1. The van der Waals surface area contributed by atoms with Gasteiger partial charge in [-0.1, -0.05) is 80.6 Å². The van der Waals surface area contributed by atoms with Crippen molar-refractivity contribution in [2.75, 3.05) is 24.2 Å². The molecule has 0 bridgehead atoms. The summed E-state index contributed by atoms with van der Waals surface area (Å²) in [5, 5.41) is 13.0. The molecule has 0 saturated carbocycles. The molecular formula is C27H35N5OS. The Morgan fingerprint density at radius 1 is 0.912 bits per heavy atom. The van der Waals surface area contributed by atoms with Crippen LogP contribution in [-0.2, 0) is 30.7 Å². The first kappa shape index (κ1) is 24.5. The lowest BCUT2D eigenvalue weighted by Crippen LogP contribution is -2.30. The van der Waals surface area contributed by atoms with Gasteiger partial charge in [0, 0.05) is 5.69 Å². The van der Waals surface area contributed by atoms with Crippen molar-refractivity contribution in [3.8, 4) is 0 Å². The molecule has 1 N–H and O–H groups in total. The summed E-state index contributed by atoms with van der Waals surface area (Å²) in [6, 6.07) is 16.6. The number of piperidine rings is 1. The summed E-state index contributed by atoms with van der Waals surface area (Å²) in [6.45, 7) is 7.97. The molecule has 0 atom stereocenters.